The minimum Gasteiger partial charge on any atom is -0.494 e. The number of hydrogen-bond donors (Lipinski definition) is 1. The number of carbonyl (C=O) groups is 1. The molecule has 0 aliphatic heterocycles. The number of anilines is 1. The van der Waals surface area contributed by atoms with Gasteiger partial charge in [-0.25, -0.2) is 4.98 Å². The highest BCUT2D eigenvalue weighted by atomic mass is 32.1. The van der Waals surface area contributed by atoms with Crippen molar-refractivity contribution < 1.29 is 14.3 Å². The van der Waals surface area contributed by atoms with Crippen LogP contribution in [-0.4, -0.2) is 24.6 Å². The number of aromatic nitrogens is 1. The Morgan fingerprint density at radius 3 is 2.74 bits per heavy atom. The molecule has 0 radical (unpaired) electrons. The van der Waals surface area contributed by atoms with Crippen molar-refractivity contribution in [1.82, 2.24) is 4.98 Å². The largest absolute Gasteiger partial charge is 0.494 e. The fourth-order valence-electron chi connectivity index (χ4n) is 2.89. The number of ether oxygens (including phenoxy) is 2. The van der Waals surface area contributed by atoms with Crippen LogP contribution in [0, 0.1) is 6.92 Å². The van der Waals surface area contributed by atoms with Crippen LogP contribution in [0.3, 0.4) is 0 Å². The molecule has 0 saturated heterocycles. The highest BCUT2D eigenvalue weighted by molar-refractivity contribution is 7.22. The van der Waals surface area contributed by atoms with E-state index in [9.17, 15) is 4.79 Å². The Balaban J connectivity index is 1.46. The van der Waals surface area contributed by atoms with E-state index in [0.717, 1.165) is 26.6 Å². The Labute approximate surface area is 160 Å². The molecule has 0 aliphatic rings. The zero-order chi connectivity index (χ0) is 18.8. The number of amides is 1. The number of fused-ring (bicyclic) bond motifs is 2. The van der Waals surface area contributed by atoms with Crippen LogP contribution in [0.2, 0.25) is 0 Å². The molecule has 0 unspecified atom stereocenters. The van der Waals surface area contributed by atoms with Crippen LogP contribution in [0.4, 0.5) is 5.13 Å². The highest BCUT2D eigenvalue weighted by Crippen LogP contribution is 2.34. The molecule has 1 N–H and O–H groups in total. The van der Waals surface area contributed by atoms with Crippen molar-refractivity contribution >= 4 is 43.4 Å². The summed E-state index contributed by atoms with van der Waals surface area (Å²) in [5.41, 5.74) is 1.85. The van der Waals surface area contributed by atoms with Gasteiger partial charge in [0.25, 0.3) is 5.91 Å². The number of methoxy groups -OCH3 is 1. The SMILES string of the molecule is COc1ccc(C)c2sc(NC(=O)COc3ccc4ccccc4c3)nc12. The summed E-state index contributed by atoms with van der Waals surface area (Å²) in [6.45, 7) is 1.93. The van der Waals surface area contributed by atoms with Gasteiger partial charge in [0.1, 0.15) is 17.0 Å². The molecule has 0 fully saturated rings. The van der Waals surface area contributed by atoms with Gasteiger partial charge < -0.3 is 9.47 Å². The third-order valence-corrected chi connectivity index (χ3v) is 5.37. The zero-order valence-electron chi connectivity index (χ0n) is 15.0. The van der Waals surface area contributed by atoms with Crippen LogP contribution in [0.15, 0.2) is 54.6 Å². The molecule has 5 nitrogen and oxygen atoms in total. The van der Waals surface area contributed by atoms with Crippen molar-refractivity contribution in [1.29, 1.82) is 0 Å². The standard InChI is InChI=1S/C21H18N2O3S/c1-13-7-10-17(25-2)19-20(13)27-21(23-19)22-18(24)12-26-16-9-8-14-5-3-4-6-15(14)11-16/h3-11H,12H2,1-2H3,(H,22,23,24). The monoisotopic (exact) mass is 378 g/mol. The summed E-state index contributed by atoms with van der Waals surface area (Å²) >= 11 is 1.43. The molecule has 0 saturated carbocycles. The van der Waals surface area contributed by atoms with E-state index in [-0.39, 0.29) is 12.5 Å². The highest BCUT2D eigenvalue weighted by Gasteiger charge is 2.13. The predicted octanol–water partition coefficient (Wildman–Crippen LogP) is 4.78. The molecule has 0 aliphatic carbocycles. The molecule has 3 aromatic carbocycles. The summed E-state index contributed by atoms with van der Waals surface area (Å²) in [4.78, 5) is 16.8. The maximum Gasteiger partial charge on any atom is 0.264 e. The number of benzene rings is 3. The number of rotatable bonds is 5. The summed E-state index contributed by atoms with van der Waals surface area (Å²) in [7, 11) is 1.61. The van der Waals surface area contributed by atoms with Gasteiger partial charge in [0.05, 0.1) is 11.8 Å². The first kappa shape index (κ1) is 17.3. The predicted molar refractivity (Wildman–Crippen MR) is 109 cm³/mol. The fraction of sp³-hybridized carbons (Fsp3) is 0.143. The summed E-state index contributed by atoms with van der Waals surface area (Å²) in [5.74, 6) is 1.10. The van der Waals surface area contributed by atoms with Crippen molar-refractivity contribution in [2.75, 3.05) is 19.0 Å². The summed E-state index contributed by atoms with van der Waals surface area (Å²) < 4.78 is 12.0. The molecule has 1 aromatic heterocycles. The lowest BCUT2D eigenvalue weighted by atomic mass is 10.1. The number of carbonyl (C=O) groups excluding carboxylic acids is 1. The third-order valence-electron chi connectivity index (χ3n) is 4.26. The Kier molecular flexibility index (Phi) is 4.64. The molecule has 0 spiro atoms. The van der Waals surface area contributed by atoms with Crippen molar-refractivity contribution in [3.8, 4) is 11.5 Å². The van der Waals surface area contributed by atoms with E-state index in [0.29, 0.717) is 16.6 Å². The fourth-order valence-corrected chi connectivity index (χ4v) is 3.86. The molecule has 4 aromatic rings. The smallest absolute Gasteiger partial charge is 0.264 e. The topological polar surface area (TPSA) is 60.5 Å². The first-order valence-electron chi connectivity index (χ1n) is 8.49. The summed E-state index contributed by atoms with van der Waals surface area (Å²) in [6, 6.07) is 17.6. The Morgan fingerprint density at radius 1 is 1.11 bits per heavy atom. The quantitative estimate of drug-likeness (QED) is 0.543. The molecule has 136 valence electrons. The molecule has 0 atom stereocenters. The average Bonchev–Trinajstić information content (AvgIpc) is 3.11. The number of aryl methyl sites for hydroxylation is 1. The van der Waals surface area contributed by atoms with Gasteiger partial charge in [-0.05, 0) is 41.5 Å². The van der Waals surface area contributed by atoms with Crippen molar-refractivity contribution in [2.24, 2.45) is 0 Å². The molecule has 4 rings (SSSR count). The van der Waals surface area contributed by atoms with Gasteiger partial charge in [0.15, 0.2) is 11.7 Å². The normalized spacial score (nSPS) is 10.9. The van der Waals surface area contributed by atoms with E-state index in [1.807, 2.05) is 61.5 Å². The maximum atomic E-state index is 12.3. The third kappa shape index (κ3) is 3.57. The number of thiazole rings is 1. The second kappa shape index (κ2) is 7.25. The summed E-state index contributed by atoms with van der Waals surface area (Å²) in [6.07, 6.45) is 0. The number of hydrogen-bond acceptors (Lipinski definition) is 5. The number of nitrogens with zero attached hydrogens (tertiary/aromatic N) is 1. The second-order valence-corrected chi connectivity index (χ2v) is 7.13. The van der Waals surface area contributed by atoms with Crippen LogP contribution in [0.25, 0.3) is 21.0 Å². The minimum atomic E-state index is -0.251. The molecular formula is C21H18N2O3S. The average molecular weight is 378 g/mol. The number of nitrogens with one attached hydrogen (secondary N) is 1. The zero-order valence-corrected chi connectivity index (χ0v) is 15.8. The molecule has 1 amide bonds. The van der Waals surface area contributed by atoms with Gasteiger partial charge in [-0.1, -0.05) is 47.7 Å². The lowest BCUT2D eigenvalue weighted by molar-refractivity contribution is -0.118. The van der Waals surface area contributed by atoms with Gasteiger partial charge in [0.2, 0.25) is 0 Å². The first-order chi connectivity index (χ1) is 13.1. The molecular weight excluding hydrogens is 360 g/mol. The van der Waals surface area contributed by atoms with E-state index >= 15 is 0 Å². The summed E-state index contributed by atoms with van der Waals surface area (Å²) in [5, 5.41) is 5.54. The van der Waals surface area contributed by atoms with Gasteiger partial charge in [-0.2, -0.15) is 0 Å². The van der Waals surface area contributed by atoms with Crippen molar-refractivity contribution in [3.63, 3.8) is 0 Å². The van der Waals surface area contributed by atoms with Crippen LogP contribution in [0.5, 0.6) is 11.5 Å². The van der Waals surface area contributed by atoms with Crippen LogP contribution >= 0.6 is 11.3 Å². The van der Waals surface area contributed by atoms with Gasteiger partial charge in [-0.3, -0.25) is 10.1 Å². The maximum absolute atomic E-state index is 12.3. The van der Waals surface area contributed by atoms with E-state index in [4.69, 9.17) is 9.47 Å². The molecule has 1 heterocycles. The van der Waals surface area contributed by atoms with Crippen molar-refractivity contribution in [2.45, 2.75) is 6.92 Å². The lowest BCUT2D eigenvalue weighted by Gasteiger charge is -2.07. The molecule has 6 heteroatoms. The molecule has 0 bridgehead atoms. The van der Waals surface area contributed by atoms with E-state index in [2.05, 4.69) is 10.3 Å². The molecule has 27 heavy (non-hydrogen) atoms. The van der Waals surface area contributed by atoms with Gasteiger partial charge >= 0.3 is 0 Å². The van der Waals surface area contributed by atoms with E-state index in [1.165, 1.54) is 11.3 Å². The van der Waals surface area contributed by atoms with Crippen LogP contribution in [-0.2, 0) is 4.79 Å². The van der Waals surface area contributed by atoms with E-state index in [1.54, 1.807) is 7.11 Å². The van der Waals surface area contributed by atoms with E-state index < -0.39 is 0 Å². The van der Waals surface area contributed by atoms with Crippen LogP contribution < -0.4 is 14.8 Å². The Hall–Kier alpha value is -3.12. The first-order valence-corrected chi connectivity index (χ1v) is 9.31. The Bertz CT molecular complexity index is 1140. The second-order valence-electron chi connectivity index (χ2n) is 6.13. The Morgan fingerprint density at radius 2 is 1.93 bits per heavy atom. The minimum absolute atomic E-state index is 0.0790. The van der Waals surface area contributed by atoms with Gasteiger partial charge in [0, 0.05) is 0 Å². The van der Waals surface area contributed by atoms with Crippen LogP contribution in [0.1, 0.15) is 5.56 Å². The van der Waals surface area contributed by atoms with Crippen molar-refractivity contribution in [3.05, 3.63) is 60.2 Å². The lowest BCUT2D eigenvalue weighted by Crippen LogP contribution is -2.19. The van der Waals surface area contributed by atoms with Gasteiger partial charge in [-0.15, -0.1) is 0 Å².